The molecule has 10 heteroatoms. The van der Waals surface area contributed by atoms with E-state index in [1.165, 1.54) is 13.3 Å². The number of benzene rings is 2. The standard InChI is InChI=1S/C23H27BrN4O5/c1-5-15(3)26-22(30)23(31)28-25-12-16-6-9-19(20(11-16)32-4)33-13-21(29)27-18-8-7-17(24)10-14(18)2/h6-12,15H,5,13H2,1-4H3,(H,26,30)(H,27,29)(H,28,31)/b25-12-/t15-/m0/s1. The summed E-state index contributed by atoms with van der Waals surface area (Å²) in [5.74, 6) is -1.17. The summed E-state index contributed by atoms with van der Waals surface area (Å²) < 4.78 is 11.8. The highest BCUT2D eigenvalue weighted by Gasteiger charge is 2.14. The van der Waals surface area contributed by atoms with Crippen molar-refractivity contribution in [2.24, 2.45) is 5.10 Å². The number of halogens is 1. The molecule has 0 radical (unpaired) electrons. The number of hydrazone groups is 1. The molecule has 33 heavy (non-hydrogen) atoms. The molecular weight excluding hydrogens is 492 g/mol. The number of hydrogen-bond donors (Lipinski definition) is 3. The van der Waals surface area contributed by atoms with Crippen LogP contribution in [-0.2, 0) is 14.4 Å². The van der Waals surface area contributed by atoms with Crippen LogP contribution in [-0.4, -0.2) is 43.7 Å². The van der Waals surface area contributed by atoms with Gasteiger partial charge in [-0.15, -0.1) is 0 Å². The monoisotopic (exact) mass is 518 g/mol. The minimum Gasteiger partial charge on any atom is -0.493 e. The fourth-order valence-corrected chi connectivity index (χ4v) is 3.06. The third-order valence-electron chi connectivity index (χ3n) is 4.58. The first-order chi connectivity index (χ1) is 15.7. The molecule has 0 bridgehead atoms. The van der Waals surface area contributed by atoms with E-state index in [2.05, 4.69) is 37.1 Å². The Hall–Kier alpha value is -3.40. The summed E-state index contributed by atoms with van der Waals surface area (Å²) in [6.07, 6.45) is 2.08. The third kappa shape index (κ3) is 8.23. The van der Waals surface area contributed by atoms with E-state index in [0.717, 1.165) is 10.0 Å². The van der Waals surface area contributed by atoms with Gasteiger partial charge in [0.15, 0.2) is 18.1 Å². The maximum absolute atomic E-state index is 12.3. The highest BCUT2D eigenvalue weighted by Crippen LogP contribution is 2.27. The van der Waals surface area contributed by atoms with Crippen LogP contribution >= 0.6 is 15.9 Å². The van der Waals surface area contributed by atoms with Crippen molar-refractivity contribution in [3.63, 3.8) is 0 Å². The molecule has 0 unspecified atom stereocenters. The number of rotatable bonds is 9. The van der Waals surface area contributed by atoms with Gasteiger partial charge in [-0.25, -0.2) is 5.43 Å². The molecule has 0 fully saturated rings. The van der Waals surface area contributed by atoms with Crippen molar-refractivity contribution in [2.75, 3.05) is 19.0 Å². The van der Waals surface area contributed by atoms with Gasteiger partial charge in [-0.05, 0) is 67.8 Å². The smallest absolute Gasteiger partial charge is 0.329 e. The maximum Gasteiger partial charge on any atom is 0.329 e. The van der Waals surface area contributed by atoms with Crippen molar-refractivity contribution in [1.29, 1.82) is 0 Å². The topological polar surface area (TPSA) is 118 Å². The van der Waals surface area contributed by atoms with Gasteiger partial charge in [0.2, 0.25) is 0 Å². The predicted octanol–water partition coefficient (Wildman–Crippen LogP) is 3.15. The fraction of sp³-hybridized carbons (Fsp3) is 0.304. The minimum absolute atomic E-state index is 0.106. The van der Waals surface area contributed by atoms with Crippen LogP contribution in [0.4, 0.5) is 5.69 Å². The molecule has 0 saturated heterocycles. The average molecular weight is 519 g/mol. The summed E-state index contributed by atoms with van der Waals surface area (Å²) in [5.41, 5.74) is 4.39. The summed E-state index contributed by atoms with van der Waals surface area (Å²) in [5, 5.41) is 9.14. The number of anilines is 1. The first-order valence-corrected chi connectivity index (χ1v) is 11.0. The van der Waals surface area contributed by atoms with Gasteiger partial charge in [0, 0.05) is 16.2 Å². The lowest BCUT2D eigenvalue weighted by atomic mass is 10.2. The van der Waals surface area contributed by atoms with Crippen LogP contribution in [0.25, 0.3) is 0 Å². The number of nitrogens with one attached hydrogen (secondary N) is 3. The van der Waals surface area contributed by atoms with E-state index in [1.807, 2.05) is 26.0 Å². The Morgan fingerprint density at radius 2 is 1.88 bits per heavy atom. The highest BCUT2D eigenvalue weighted by atomic mass is 79.9. The van der Waals surface area contributed by atoms with Gasteiger partial charge in [-0.3, -0.25) is 14.4 Å². The SMILES string of the molecule is CC[C@H](C)NC(=O)C(=O)N/N=C\c1ccc(OCC(=O)Nc2ccc(Br)cc2C)c(OC)c1. The molecule has 0 aromatic heterocycles. The molecule has 0 aliphatic rings. The molecule has 3 N–H and O–H groups in total. The highest BCUT2D eigenvalue weighted by molar-refractivity contribution is 9.10. The number of hydrogen-bond acceptors (Lipinski definition) is 6. The van der Waals surface area contributed by atoms with Crippen molar-refractivity contribution in [3.05, 3.63) is 52.0 Å². The Bertz CT molecular complexity index is 1040. The quantitative estimate of drug-likeness (QED) is 0.267. The second kappa shape index (κ2) is 12.6. The second-order valence-corrected chi connectivity index (χ2v) is 8.10. The van der Waals surface area contributed by atoms with E-state index in [-0.39, 0.29) is 18.6 Å². The Labute approximate surface area is 201 Å². The van der Waals surface area contributed by atoms with E-state index in [9.17, 15) is 14.4 Å². The van der Waals surface area contributed by atoms with E-state index in [1.54, 1.807) is 31.2 Å². The normalized spacial score (nSPS) is 11.5. The largest absolute Gasteiger partial charge is 0.493 e. The van der Waals surface area contributed by atoms with E-state index < -0.39 is 11.8 Å². The van der Waals surface area contributed by atoms with Crippen LogP contribution in [0.3, 0.4) is 0 Å². The zero-order chi connectivity index (χ0) is 24.4. The van der Waals surface area contributed by atoms with Crippen molar-refractivity contribution < 1.29 is 23.9 Å². The summed E-state index contributed by atoms with van der Waals surface area (Å²) in [7, 11) is 1.47. The van der Waals surface area contributed by atoms with E-state index in [4.69, 9.17) is 9.47 Å². The molecule has 0 spiro atoms. The van der Waals surface area contributed by atoms with Gasteiger partial charge in [-0.1, -0.05) is 22.9 Å². The molecule has 176 valence electrons. The predicted molar refractivity (Wildman–Crippen MR) is 130 cm³/mol. The first-order valence-electron chi connectivity index (χ1n) is 10.2. The van der Waals surface area contributed by atoms with Crippen molar-refractivity contribution in [3.8, 4) is 11.5 Å². The van der Waals surface area contributed by atoms with Gasteiger partial charge in [0.1, 0.15) is 0 Å². The lowest BCUT2D eigenvalue weighted by Gasteiger charge is -2.12. The molecule has 2 aromatic rings. The zero-order valence-electron chi connectivity index (χ0n) is 18.9. The Kier molecular flexibility index (Phi) is 9.86. The third-order valence-corrected chi connectivity index (χ3v) is 5.08. The van der Waals surface area contributed by atoms with Gasteiger partial charge >= 0.3 is 11.8 Å². The first kappa shape index (κ1) is 25.9. The van der Waals surface area contributed by atoms with Crippen LogP contribution < -0.4 is 25.5 Å². The lowest BCUT2D eigenvalue weighted by molar-refractivity contribution is -0.139. The minimum atomic E-state index is -0.856. The van der Waals surface area contributed by atoms with Gasteiger partial charge < -0.3 is 20.1 Å². The molecule has 3 amide bonds. The number of carbonyl (C=O) groups is 3. The van der Waals surface area contributed by atoms with Gasteiger partial charge in [0.25, 0.3) is 5.91 Å². The fourth-order valence-electron chi connectivity index (χ4n) is 2.59. The number of aryl methyl sites for hydroxylation is 1. The molecule has 1 atom stereocenters. The lowest BCUT2D eigenvalue weighted by Crippen LogP contribution is -2.41. The molecule has 0 aliphatic carbocycles. The summed E-state index contributed by atoms with van der Waals surface area (Å²) in [4.78, 5) is 35.7. The number of carbonyl (C=O) groups excluding carboxylic acids is 3. The van der Waals surface area contributed by atoms with Crippen LogP contribution in [0.2, 0.25) is 0 Å². The van der Waals surface area contributed by atoms with Crippen molar-refractivity contribution >= 4 is 45.6 Å². The summed E-state index contributed by atoms with van der Waals surface area (Å²) in [6, 6.07) is 10.4. The van der Waals surface area contributed by atoms with Gasteiger partial charge in [-0.2, -0.15) is 5.10 Å². The van der Waals surface area contributed by atoms with Crippen LogP contribution in [0, 0.1) is 6.92 Å². The number of nitrogens with zero attached hydrogens (tertiary/aromatic N) is 1. The van der Waals surface area contributed by atoms with Crippen LogP contribution in [0.1, 0.15) is 31.4 Å². The molecule has 9 nitrogen and oxygen atoms in total. The summed E-state index contributed by atoms with van der Waals surface area (Å²) in [6.45, 7) is 5.39. The zero-order valence-corrected chi connectivity index (χ0v) is 20.5. The molecule has 0 heterocycles. The van der Waals surface area contributed by atoms with Crippen LogP contribution in [0.15, 0.2) is 46.0 Å². The number of methoxy groups -OCH3 is 1. The van der Waals surface area contributed by atoms with E-state index >= 15 is 0 Å². The molecule has 0 saturated carbocycles. The molecule has 2 rings (SSSR count). The number of amides is 3. The Morgan fingerprint density at radius 1 is 1.12 bits per heavy atom. The Balaban J connectivity index is 1.93. The maximum atomic E-state index is 12.3. The van der Waals surface area contributed by atoms with Crippen molar-refractivity contribution in [2.45, 2.75) is 33.2 Å². The molecule has 2 aromatic carbocycles. The molecule has 0 aliphatic heterocycles. The van der Waals surface area contributed by atoms with Gasteiger partial charge in [0.05, 0.1) is 13.3 Å². The van der Waals surface area contributed by atoms with Crippen LogP contribution in [0.5, 0.6) is 11.5 Å². The second-order valence-electron chi connectivity index (χ2n) is 7.19. The Morgan fingerprint density at radius 3 is 2.55 bits per heavy atom. The average Bonchev–Trinajstić information content (AvgIpc) is 2.79. The number of ether oxygens (including phenoxy) is 2. The van der Waals surface area contributed by atoms with Crippen molar-refractivity contribution in [1.82, 2.24) is 10.7 Å². The van der Waals surface area contributed by atoms with E-state index in [0.29, 0.717) is 29.2 Å². The summed E-state index contributed by atoms with van der Waals surface area (Å²) >= 11 is 3.39. The molecular formula is C23H27BrN4O5.